The van der Waals surface area contributed by atoms with Crippen LogP contribution in [0.25, 0.3) is 33.5 Å². The SMILES string of the molecule is CC(C)N1CCN(CCCc2cnc3ccc(-c4cn[nH]c4-c4ccc(F)c(F)c4)nc3c2)CC1. The summed E-state index contributed by atoms with van der Waals surface area (Å²) < 4.78 is 27.2. The first-order chi connectivity index (χ1) is 17.0. The van der Waals surface area contributed by atoms with Gasteiger partial charge in [-0.3, -0.25) is 15.0 Å². The molecule has 1 aliphatic rings. The highest BCUT2D eigenvalue weighted by atomic mass is 19.2. The minimum Gasteiger partial charge on any atom is -0.301 e. The fraction of sp³-hybridized carbons (Fsp3) is 0.370. The largest absolute Gasteiger partial charge is 0.301 e. The maximum atomic E-state index is 13.8. The van der Waals surface area contributed by atoms with Crippen LogP contribution in [-0.4, -0.2) is 68.7 Å². The molecule has 1 saturated heterocycles. The number of hydrogen-bond acceptors (Lipinski definition) is 5. The van der Waals surface area contributed by atoms with Crippen molar-refractivity contribution in [1.82, 2.24) is 30.0 Å². The number of aromatic nitrogens is 4. The van der Waals surface area contributed by atoms with Crippen LogP contribution in [0.1, 0.15) is 25.8 Å². The Bertz CT molecular complexity index is 1310. The number of benzene rings is 1. The van der Waals surface area contributed by atoms with Gasteiger partial charge < -0.3 is 4.90 Å². The zero-order valence-corrected chi connectivity index (χ0v) is 20.1. The molecule has 8 heteroatoms. The summed E-state index contributed by atoms with van der Waals surface area (Å²) >= 11 is 0. The van der Waals surface area contributed by atoms with Crippen LogP contribution < -0.4 is 0 Å². The quantitative estimate of drug-likeness (QED) is 0.410. The van der Waals surface area contributed by atoms with Crippen molar-refractivity contribution >= 4 is 11.0 Å². The molecular formula is C27H30F2N6. The zero-order valence-electron chi connectivity index (χ0n) is 20.1. The summed E-state index contributed by atoms with van der Waals surface area (Å²) in [5.74, 6) is -1.78. The van der Waals surface area contributed by atoms with E-state index in [2.05, 4.69) is 44.9 Å². The van der Waals surface area contributed by atoms with Gasteiger partial charge in [0, 0.05) is 49.5 Å². The van der Waals surface area contributed by atoms with Crippen molar-refractivity contribution < 1.29 is 8.78 Å². The number of rotatable bonds is 7. The number of halogens is 2. The molecule has 1 fully saturated rings. The molecule has 3 aromatic heterocycles. The van der Waals surface area contributed by atoms with Crippen molar-refractivity contribution in [1.29, 1.82) is 0 Å². The summed E-state index contributed by atoms with van der Waals surface area (Å²) in [5.41, 5.74) is 5.33. The van der Waals surface area contributed by atoms with E-state index in [0.717, 1.165) is 79.9 Å². The third kappa shape index (κ3) is 5.23. The highest BCUT2D eigenvalue weighted by Crippen LogP contribution is 2.30. The smallest absolute Gasteiger partial charge is 0.159 e. The summed E-state index contributed by atoms with van der Waals surface area (Å²) in [7, 11) is 0. The summed E-state index contributed by atoms with van der Waals surface area (Å²) in [6, 6.07) is 10.3. The maximum Gasteiger partial charge on any atom is 0.159 e. The number of nitrogens with zero attached hydrogens (tertiary/aromatic N) is 5. The van der Waals surface area contributed by atoms with Crippen LogP contribution in [0.4, 0.5) is 8.78 Å². The van der Waals surface area contributed by atoms with E-state index >= 15 is 0 Å². The molecule has 0 aliphatic carbocycles. The van der Waals surface area contributed by atoms with Crippen LogP contribution in [0, 0.1) is 11.6 Å². The molecule has 182 valence electrons. The normalized spacial score (nSPS) is 15.3. The number of aromatic amines is 1. The molecule has 0 spiro atoms. The highest BCUT2D eigenvalue weighted by Gasteiger charge is 2.18. The highest BCUT2D eigenvalue weighted by molar-refractivity contribution is 5.83. The van der Waals surface area contributed by atoms with Crippen molar-refractivity contribution in [3.05, 3.63) is 66.0 Å². The summed E-state index contributed by atoms with van der Waals surface area (Å²) in [5, 5.41) is 7.01. The van der Waals surface area contributed by atoms with Gasteiger partial charge in [-0.1, -0.05) is 0 Å². The molecule has 0 unspecified atom stereocenters. The third-order valence-corrected chi connectivity index (χ3v) is 6.79. The Labute approximate surface area is 204 Å². The average molecular weight is 477 g/mol. The van der Waals surface area contributed by atoms with E-state index < -0.39 is 11.6 Å². The third-order valence-electron chi connectivity index (χ3n) is 6.79. The molecule has 4 aromatic rings. The van der Waals surface area contributed by atoms with E-state index in [1.165, 1.54) is 6.07 Å². The van der Waals surface area contributed by atoms with Crippen LogP contribution >= 0.6 is 0 Å². The van der Waals surface area contributed by atoms with E-state index in [0.29, 0.717) is 23.0 Å². The minimum absolute atomic E-state index is 0.513. The lowest BCUT2D eigenvalue weighted by Crippen LogP contribution is -2.48. The lowest BCUT2D eigenvalue weighted by atomic mass is 10.0. The van der Waals surface area contributed by atoms with Crippen LogP contribution in [-0.2, 0) is 6.42 Å². The van der Waals surface area contributed by atoms with Crippen molar-refractivity contribution in [2.24, 2.45) is 0 Å². The molecule has 35 heavy (non-hydrogen) atoms. The van der Waals surface area contributed by atoms with Crippen LogP contribution in [0.3, 0.4) is 0 Å². The van der Waals surface area contributed by atoms with Gasteiger partial charge >= 0.3 is 0 Å². The first-order valence-corrected chi connectivity index (χ1v) is 12.2. The molecule has 0 radical (unpaired) electrons. The van der Waals surface area contributed by atoms with E-state index in [9.17, 15) is 8.78 Å². The topological polar surface area (TPSA) is 60.9 Å². The zero-order chi connectivity index (χ0) is 24.4. The number of hydrogen-bond donors (Lipinski definition) is 1. The van der Waals surface area contributed by atoms with Gasteiger partial charge in [0.15, 0.2) is 11.6 Å². The number of nitrogens with one attached hydrogen (secondary N) is 1. The predicted octanol–water partition coefficient (Wildman–Crippen LogP) is 4.92. The monoisotopic (exact) mass is 476 g/mol. The lowest BCUT2D eigenvalue weighted by molar-refractivity contribution is 0.108. The molecule has 0 atom stereocenters. The second kappa shape index (κ2) is 10.2. The summed E-state index contributed by atoms with van der Waals surface area (Å²) in [6.45, 7) is 10.2. The second-order valence-corrected chi connectivity index (χ2v) is 9.44. The van der Waals surface area contributed by atoms with Crippen molar-refractivity contribution in [2.75, 3.05) is 32.7 Å². The van der Waals surface area contributed by atoms with Crippen LogP contribution in [0.5, 0.6) is 0 Å². The molecule has 1 aromatic carbocycles. The van der Waals surface area contributed by atoms with E-state index in [-0.39, 0.29) is 0 Å². The number of H-pyrrole nitrogens is 1. The minimum atomic E-state index is -0.898. The molecule has 4 heterocycles. The first-order valence-electron chi connectivity index (χ1n) is 12.2. The fourth-order valence-electron chi connectivity index (χ4n) is 4.70. The van der Waals surface area contributed by atoms with Gasteiger partial charge in [-0.25, -0.2) is 13.8 Å². The van der Waals surface area contributed by atoms with Crippen molar-refractivity contribution in [3.8, 4) is 22.5 Å². The standard InChI is InChI=1S/C27H30F2N6/c1-18(2)35-12-10-34(11-13-35)9-3-4-19-14-26-25(30-16-19)8-7-24(32-26)21-17-31-33-27(21)20-5-6-22(28)23(29)15-20/h5-8,14-18H,3-4,9-13H2,1-2H3,(H,31,33). The Morgan fingerprint density at radius 1 is 0.943 bits per heavy atom. The van der Waals surface area contributed by atoms with Gasteiger partial charge in [-0.05, 0) is 75.2 Å². The average Bonchev–Trinajstić information content (AvgIpc) is 3.36. The van der Waals surface area contributed by atoms with Crippen LogP contribution in [0.15, 0.2) is 48.8 Å². The Morgan fingerprint density at radius 2 is 1.77 bits per heavy atom. The molecule has 5 rings (SSSR count). The molecule has 0 saturated carbocycles. The number of aryl methyl sites for hydroxylation is 1. The Morgan fingerprint density at radius 3 is 2.54 bits per heavy atom. The van der Waals surface area contributed by atoms with Crippen molar-refractivity contribution in [3.63, 3.8) is 0 Å². The van der Waals surface area contributed by atoms with E-state index in [1.807, 2.05) is 18.3 Å². The Kier molecular flexibility index (Phi) is 6.83. The van der Waals surface area contributed by atoms with Gasteiger partial charge in [0.1, 0.15) is 0 Å². The number of pyridine rings is 2. The molecule has 1 N–H and O–H groups in total. The van der Waals surface area contributed by atoms with E-state index in [4.69, 9.17) is 4.98 Å². The molecule has 1 aliphatic heterocycles. The van der Waals surface area contributed by atoms with Gasteiger partial charge in [0.05, 0.1) is 28.6 Å². The Balaban J connectivity index is 1.29. The second-order valence-electron chi connectivity index (χ2n) is 9.44. The molecular weight excluding hydrogens is 446 g/mol. The number of piperazine rings is 1. The van der Waals surface area contributed by atoms with Gasteiger partial charge in [0.25, 0.3) is 0 Å². The first kappa shape index (κ1) is 23.5. The molecule has 0 amide bonds. The van der Waals surface area contributed by atoms with Crippen LogP contribution in [0.2, 0.25) is 0 Å². The lowest BCUT2D eigenvalue weighted by Gasteiger charge is -2.36. The number of fused-ring (bicyclic) bond motifs is 1. The summed E-state index contributed by atoms with van der Waals surface area (Å²) in [4.78, 5) is 14.5. The summed E-state index contributed by atoms with van der Waals surface area (Å²) in [6.07, 6.45) is 5.62. The molecule has 6 nitrogen and oxygen atoms in total. The van der Waals surface area contributed by atoms with Crippen molar-refractivity contribution in [2.45, 2.75) is 32.7 Å². The van der Waals surface area contributed by atoms with Gasteiger partial charge in [-0.15, -0.1) is 0 Å². The van der Waals surface area contributed by atoms with Gasteiger partial charge in [0.2, 0.25) is 0 Å². The Hall–Kier alpha value is -3.23. The van der Waals surface area contributed by atoms with E-state index in [1.54, 1.807) is 6.20 Å². The fourth-order valence-corrected chi connectivity index (χ4v) is 4.70. The van der Waals surface area contributed by atoms with Gasteiger partial charge in [-0.2, -0.15) is 5.10 Å². The predicted molar refractivity (Wildman–Crippen MR) is 134 cm³/mol. The maximum absolute atomic E-state index is 13.8. The molecule has 0 bridgehead atoms.